The Bertz CT molecular complexity index is 616. The number of nitrogens with one attached hydrogen (secondary N) is 1. The summed E-state index contributed by atoms with van der Waals surface area (Å²) in [7, 11) is 1.64. The highest BCUT2D eigenvalue weighted by Gasteiger charge is 2.36. The van der Waals surface area contributed by atoms with Crippen LogP contribution in [0, 0.1) is 6.92 Å². The minimum Gasteiger partial charge on any atom is -0.382 e. The summed E-state index contributed by atoms with van der Waals surface area (Å²) in [6.07, 6.45) is 3.84. The molecule has 1 aromatic rings. The molecule has 2 aliphatic rings. The molecule has 7 heteroatoms. The fourth-order valence-electron chi connectivity index (χ4n) is 3.17. The van der Waals surface area contributed by atoms with Crippen LogP contribution >= 0.6 is 0 Å². The Kier molecular flexibility index (Phi) is 4.73. The number of hydrogen-bond donors (Lipinski definition) is 1. The molecule has 0 bridgehead atoms. The molecule has 1 atom stereocenters. The molecule has 1 saturated carbocycles. The summed E-state index contributed by atoms with van der Waals surface area (Å²) < 4.78 is 11.2. The first kappa shape index (κ1) is 17.1. The van der Waals surface area contributed by atoms with Crippen molar-refractivity contribution in [2.75, 3.05) is 32.1 Å². The lowest BCUT2D eigenvalue weighted by atomic mass is 10.1. The average molecular weight is 334 g/mol. The fraction of sp³-hybridized carbons (Fsp3) is 0.706. The Hall–Kier alpha value is -1.73. The molecule has 2 amide bonds. The Morgan fingerprint density at radius 1 is 1.50 bits per heavy atom. The van der Waals surface area contributed by atoms with E-state index in [4.69, 9.17) is 9.47 Å². The predicted molar refractivity (Wildman–Crippen MR) is 90.2 cm³/mol. The van der Waals surface area contributed by atoms with E-state index >= 15 is 0 Å². The van der Waals surface area contributed by atoms with E-state index in [2.05, 4.69) is 15.3 Å². The molecule has 1 aliphatic heterocycles. The van der Waals surface area contributed by atoms with Gasteiger partial charge in [-0.3, -0.25) is 0 Å². The minimum atomic E-state index is -0.401. The average Bonchev–Trinajstić information content (AvgIpc) is 3.32. The Labute approximate surface area is 142 Å². The van der Waals surface area contributed by atoms with Crippen molar-refractivity contribution in [3.05, 3.63) is 17.7 Å². The van der Waals surface area contributed by atoms with Gasteiger partial charge in [0.1, 0.15) is 5.82 Å². The standard InChI is InChI=1S/C17H26N4O3/c1-11-18-7-14(15(19-11)12-5-6-12)20-16(22)21-8-13(9-23-4)24-17(2,3)10-21/h7,12-13H,5-6,8-10H2,1-4H3,(H,20,22)/t13-/m1/s1. The third kappa shape index (κ3) is 4.02. The van der Waals surface area contributed by atoms with Gasteiger partial charge in [0.2, 0.25) is 0 Å². The molecule has 24 heavy (non-hydrogen) atoms. The van der Waals surface area contributed by atoms with Crippen molar-refractivity contribution in [2.45, 2.75) is 51.2 Å². The zero-order chi connectivity index (χ0) is 17.3. The predicted octanol–water partition coefficient (Wildman–Crippen LogP) is 2.32. The van der Waals surface area contributed by atoms with Crippen molar-refractivity contribution in [3.8, 4) is 0 Å². The van der Waals surface area contributed by atoms with Crippen LogP contribution in [0.2, 0.25) is 0 Å². The van der Waals surface area contributed by atoms with E-state index in [1.54, 1.807) is 18.2 Å². The molecule has 0 radical (unpaired) electrons. The van der Waals surface area contributed by atoms with Gasteiger partial charge in [-0.1, -0.05) is 0 Å². The molecule has 1 aromatic heterocycles. The van der Waals surface area contributed by atoms with Crippen LogP contribution in [0.3, 0.4) is 0 Å². The van der Waals surface area contributed by atoms with Crippen LogP contribution in [0.1, 0.15) is 44.1 Å². The first-order chi connectivity index (χ1) is 11.4. The van der Waals surface area contributed by atoms with Crippen LogP contribution in [-0.4, -0.2) is 59.4 Å². The number of aryl methyl sites for hydroxylation is 1. The highest BCUT2D eigenvalue weighted by molar-refractivity contribution is 5.90. The van der Waals surface area contributed by atoms with E-state index in [0.717, 1.165) is 30.0 Å². The molecule has 0 aromatic carbocycles. The van der Waals surface area contributed by atoms with Crippen molar-refractivity contribution >= 4 is 11.7 Å². The second-order valence-electron chi connectivity index (χ2n) is 7.26. The Morgan fingerprint density at radius 3 is 2.92 bits per heavy atom. The summed E-state index contributed by atoms with van der Waals surface area (Å²) in [5.74, 6) is 1.19. The maximum Gasteiger partial charge on any atom is 0.322 e. The first-order valence-corrected chi connectivity index (χ1v) is 8.44. The lowest BCUT2D eigenvalue weighted by molar-refractivity contribution is -0.141. The summed E-state index contributed by atoms with van der Waals surface area (Å²) in [6.45, 7) is 7.35. The first-order valence-electron chi connectivity index (χ1n) is 8.44. The van der Waals surface area contributed by atoms with Crippen molar-refractivity contribution in [1.82, 2.24) is 14.9 Å². The van der Waals surface area contributed by atoms with E-state index in [1.165, 1.54) is 0 Å². The summed E-state index contributed by atoms with van der Waals surface area (Å²) in [5, 5.41) is 2.99. The van der Waals surface area contributed by atoms with Gasteiger partial charge in [0, 0.05) is 13.0 Å². The van der Waals surface area contributed by atoms with Gasteiger partial charge < -0.3 is 19.7 Å². The fourth-order valence-corrected chi connectivity index (χ4v) is 3.17. The number of hydrogen-bond acceptors (Lipinski definition) is 5. The quantitative estimate of drug-likeness (QED) is 0.914. The largest absolute Gasteiger partial charge is 0.382 e. The number of aromatic nitrogens is 2. The van der Waals surface area contributed by atoms with Crippen molar-refractivity contribution in [3.63, 3.8) is 0 Å². The molecule has 132 valence electrons. The number of anilines is 1. The second-order valence-corrected chi connectivity index (χ2v) is 7.26. The van der Waals surface area contributed by atoms with E-state index in [-0.39, 0.29) is 12.1 Å². The Morgan fingerprint density at radius 2 is 2.25 bits per heavy atom. The number of morpholine rings is 1. The number of carbonyl (C=O) groups is 1. The third-order valence-corrected chi connectivity index (χ3v) is 4.27. The van der Waals surface area contributed by atoms with E-state index in [1.807, 2.05) is 20.8 Å². The number of urea groups is 1. The third-order valence-electron chi connectivity index (χ3n) is 4.27. The molecule has 0 spiro atoms. The normalized spacial score (nSPS) is 23.2. The van der Waals surface area contributed by atoms with Gasteiger partial charge >= 0.3 is 6.03 Å². The maximum atomic E-state index is 12.7. The van der Waals surface area contributed by atoms with Crippen LogP contribution in [-0.2, 0) is 9.47 Å². The van der Waals surface area contributed by atoms with E-state index in [0.29, 0.717) is 25.6 Å². The molecular formula is C17H26N4O3. The van der Waals surface area contributed by atoms with Crippen molar-refractivity contribution in [2.24, 2.45) is 0 Å². The molecule has 1 N–H and O–H groups in total. The second kappa shape index (κ2) is 6.64. The van der Waals surface area contributed by atoms with Crippen LogP contribution in [0.5, 0.6) is 0 Å². The lowest BCUT2D eigenvalue weighted by Gasteiger charge is -2.42. The molecule has 2 heterocycles. The van der Waals surface area contributed by atoms with Gasteiger partial charge in [0.15, 0.2) is 0 Å². The lowest BCUT2D eigenvalue weighted by Crippen LogP contribution is -2.56. The number of carbonyl (C=O) groups excluding carboxylic acids is 1. The highest BCUT2D eigenvalue weighted by Crippen LogP contribution is 2.42. The monoisotopic (exact) mass is 334 g/mol. The van der Waals surface area contributed by atoms with Gasteiger partial charge in [-0.15, -0.1) is 0 Å². The summed E-state index contributed by atoms with van der Waals surface area (Å²) in [5.41, 5.74) is 1.28. The molecule has 2 fully saturated rings. The number of nitrogens with zero attached hydrogens (tertiary/aromatic N) is 3. The highest BCUT2D eigenvalue weighted by atomic mass is 16.5. The molecule has 3 rings (SSSR count). The van der Waals surface area contributed by atoms with Crippen molar-refractivity contribution in [1.29, 1.82) is 0 Å². The van der Waals surface area contributed by atoms with E-state index in [9.17, 15) is 4.79 Å². The maximum absolute atomic E-state index is 12.7. The summed E-state index contributed by atoms with van der Waals surface area (Å²) in [4.78, 5) is 23.3. The van der Waals surface area contributed by atoms with E-state index < -0.39 is 5.60 Å². The van der Waals surface area contributed by atoms with Crippen LogP contribution in [0.25, 0.3) is 0 Å². The Balaban J connectivity index is 1.72. The van der Waals surface area contributed by atoms with Gasteiger partial charge in [-0.25, -0.2) is 14.8 Å². The molecule has 1 saturated heterocycles. The summed E-state index contributed by atoms with van der Waals surface area (Å²) >= 11 is 0. The van der Waals surface area contributed by atoms with Gasteiger partial charge in [-0.2, -0.15) is 0 Å². The number of rotatable bonds is 4. The zero-order valence-electron chi connectivity index (χ0n) is 14.8. The van der Waals surface area contributed by atoms with Crippen LogP contribution in [0.15, 0.2) is 6.20 Å². The smallest absolute Gasteiger partial charge is 0.322 e. The van der Waals surface area contributed by atoms with Gasteiger partial charge in [0.25, 0.3) is 0 Å². The summed E-state index contributed by atoms with van der Waals surface area (Å²) in [6, 6.07) is -0.137. The van der Waals surface area contributed by atoms with Gasteiger partial charge in [0.05, 0.1) is 49.0 Å². The number of methoxy groups -OCH3 is 1. The van der Waals surface area contributed by atoms with Crippen LogP contribution < -0.4 is 5.32 Å². The van der Waals surface area contributed by atoms with Crippen molar-refractivity contribution < 1.29 is 14.3 Å². The SMILES string of the molecule is COC[C@H]1CN(C(=O)Nc2cnc(C)nc2C2CC2)CC(C)(C)O1. The molecule has 0 unspecified atom stereocenters. The number of amides is 2. The molecule has 1 aliphatic carbocycles. The number of ether oxygens (including phenoxy) is 2. The molecule has 7 nitrogen and oxygen atoms in total. The molecular weight excluding hydrogens is 308 g/mol. The van der Waals surface area contributed by atoms with Crippen LogP contribution in [0.4, 0.5) is 10.5 Å². The van der Waals surface area contributed by atoms with Gasteiger partial charge in [-0.05, 0) is 33.6 Å². The topological polar surface area (TPSA) is 76.6 Å². The minimum absolute atomic E-state index is 0.123. The zero-order valence-corrected chi connectivity index (χ0v) is 14.8.